The topological polar surface area (TPSA) is 62.4 Å². The lowest BCUT2D eigenvalue weighted by Gasteiger charge is -2.14. The molecule has 0 saturated heterocycles. The lowest BCUT2D eigenvalue weighted by atomic mass is 10.2. The second kappa shape index (κ2) is 9.92. The van der Waals surface area contributed by atoms with Crippen molar-refractivity contribution < 1.29 is 9.53 Å². The van der Waals surface area contributed by atoms with Crippen molar-refractivity contribution in [3.63, 3.8) is 0 Å². The quantitative estimate of drug-likeness (QED) is 0.437. The van der Waals surface area contributed by atoms with Crippen molar-refractivity contribution in [1.82, 2.24) is 5.43 Å². The molecule has 6 heteroatoms. The SMILES string of the molecule is Cc1ccccc1NC(=O)COc1ccc(Br)cc1CNNc1ccccc1. The van der Waals surface area contributed by atoms with Gasteiger partial charge in [-0.3, -0.25) is 4.79 Å². The average Bonchev–Trinajstić information content (AvgIpc) is 2.70. The van der Waals surface area contributed by atoms with Gasteiger partial charge in [0.1, 0.15) is 5.75 Å². The number of rotatable bonds is 8. The van der Waals surface area contributed by atoms with Gasteiger partial charge in [-0.05, 0) is 48.9 Å². The van der Waals surface area contributed by atoms with Gasteiger partial charge in [0.25, 0.3) is 5.91 Å². The zero-order chi connectivity index (χ0) is 19.8. The van der Waals surface area contributed by atoms with E-state index < -0.39 is 0 Å². The number of carbonyl (C=O) groups excluding carboxylic acids is 1. The summed E-state index contributed by atoms with van der Waals surface area (Å²) in [5.41, 5.74) is 10.0. The molecule has 0 saturated carbocycles. The molecule has 3 aromatic rings. The molecule has 0 aliphatic rings. The predicted molar refractivity (Wildman–Crippen MR) is 116 cm³/mol. The molecule has 0 radical (unpaired) electrons. The molecule has 0 aliphatic heterocycles. The Morgan fingerprint density at radius 3 is 2.54 bits per heavy atom. The van der Waals surface area contributed by atoms with Crippen LogP contribution in [0.3, 0.4) is 0 Å². The van der Waals surface area contributed by atoms with Crippen LogP contribution >= 0.6 is 15.9 Å². The van der Waals surface area contributed by atoms with Gasteiger partial charge < -0.3 is 15.5 Å². The molecule has 0 atom stereocenters. The number of anilines is 2. The summed E-state index contributed by atoms with van der Waals surface area (Å²) in [6, 6.07) is 23.2. The number of ether oxygens (including phenoxy) is 1. The smallest absolute Gasteiger partial charge is 0.262 e. The van der Waals surface area contributed by atoms with Crippen LogP contribution in [0.4, 0.5) is 11.4 Å². The van der Waals surface area contributed by atoms with Gasteiger partial charge in [-0.1, -0.05) is 52.3 Å². The van der Waals surface area contributed by atoms with Gasteiger partial charge in [-0.15, -0.1) is 0 Å². The molecule has 28 heavy (non-hydrogen) atoms. The summed E-state index contributed by atoms with van der Waals surface area (Å²) in [6.45, 7) is 2.42. The van der Waals surface area contributed by atoms with E-state index in [-0.39, 0.29) is 12.5 Å². The third-order valence-corrected chi connectivity index (χ3v) is 4.58. The van der Waals surface area contributed by atoms with E-state index in [0.717, 1.165) is 27.0 Å². The molecule has 0 bridgehead atoms. The second-order valence-electron chi connectivity index (χ2n) is 6.25. The molecule has 0 aliphatic carbocycles. The van der Waals surface area contributed by atoms with Gasteiger partial charge in [-0.2, -0.15) is 0 Å². The van der Waals surface area contributed by atoms with E-state index in [1.807, 2.05) is 79.7 Å². The van der Waals surface area contributed by atoms with E-state index in [2.05, 4.69) is 32.1 Å². The van der Waals surface area contributed by atoms with E-state index in [4.69, 9.17) is 4.74 Å². The Morgan fingerprint density at radius 1 is 1.00 bits per heavy atom. The zero-order valence-corrected chi connectivity index (χ0v) is 17.1. The van der Waals surface area contributed by atoms with Crippen molar-refractivity contribution in [3.8, 4) is 5.75 Å². The van der Waals surface area contributed by atoms with Gasteiger partial charge in [0, 0.05) is 28.0 Å². The first kappa shape index (κ1) is 19.9. The molecule has 0 aromatic heterocycles. The van der Waals surface area contributed by atoms with Crippen molar-refractivity contribution in [2.75, 3.05) is 17.3 Å². The van der Waals surface area contributed by atoms with Gasteiger partial charge >= 0.3 is 0 Å². The summed E-state index contributed by atoms with van der Waals surface area (Å²) >= 11 is 3.48. The van der Waals surface area contributed by atoms with Crippen LogP contribution in [0.2, 0.25) is 0 Å². The number of halogens is 1. The number of para-hydroxylation sites is 2. The zero-order valence-electron chi connectivity index (χ0n) is 15.5. The van der Waals surface area contributed by atoms with Crippen LogP contribution in [-0.4, -0.2) is 12.5 Å². The Labute approximate surface area is 173 Å². The summed E-state index contributed by atoms with van der Waals surface area (Å²) in [4.78, 5) is 12.2. The van der Waals surface area contributed by atoms with Gasteiger partial charge in [-0.25, -0.2) is 5.43 Å². The third kappa shape index (κ3) is 5.84. The molecule has 3 rings (SSSR count). The molecular formula is C22H22BrN3O2. The summed E-state index contributed by atoms with van der Waals surface area (Å²) in [5.74, 6) is 0.462. The molecule has 5 nitrogen and oxygen atoms in total. The lowest BCUT2D eigenvalue weighted by molar-refractivity contribution is -0.118. The summed E-state index contributed by atoms with van der Waals surface area (Å²) in [5, 5.41) is 2.87. The Hall–Kier alpha value is -2.83. The second-order valence-corrected chi connectivity index (χ2v) is 7.16. The first-order chi connectivity index (χ1) is 13.6. The molecule has 3 aromatic carbocycles. The summed E-state index contributed by atoms with van der Waals surface area (Å²) < 4.78 is 6.71. The summed E-state index contributed by atoms with van der Waals surface area (Å²) in [6.07, 6.45) is 0. The number of amides is 1. The number of carbonyl (C=O) groups is 1. The van der Waals surface area contributed by atoms with E-state index in [9.17, 15) is 4.79 Å². The van der Waals surface area contributed by atoms with Crippen LogP contribution in [0, 0.1) is 6.92 Å². The standard InChI is InChI=1S/C22H22BrN3O2/c1-16-7-5-6-10-20(16)25-22(27)15-28-21-12-11-18(23)13-17(21)14-24-26-19-8-3-2-4-9-19/h2-13,24,26H,14-15H2,1H3,(H,25,27). The monoisotopic (exact) mass is 439 g/mol. The van der Waals surface area contributed by atoms with Crippen molar-refractivity contribution in [2.45, 2.75) is 13.5 Å². The molecule has 3 N–H and O–H groups in total. The fraction of sp³-hybridized carbons (Fsp3) is 0.136. The first-order valence-electron chi connectivity index (χ1n) is 8.92. The molecule has 144 valence electrons. The Balaban J connectivity index is 1.57. The highest BCUT2D eigenvalue weighted by atomic mass is 79.9. The van der Waals surface area contributed by atoms with E-state index in [0.29, 0.717) is 12.3 Å². The van der Waals surface area contributed by atoms with Crippen molar-refractivity contribution in [1.29, 1.82) is 0 Å². The molecular weight excluding hydrogens is 418 g/mol. The van der Waals surface area contributed by atoms with Crippen molar-refractivity contribution >= 4 is 33.2 Å². The molecule has 0 spiro atoms. The van der Waals surface area contributed by atoms with Crippen LogP contribution in [0.1, 0.15) is 11.1 Å². The number of hydrogen-bond donors (Lipinski definition) is 3. The fourth-order valence-electron chi connectivity index (χ4n) is 2.63. The van der Waals surface area contributed by atoms with Gasteiger partial charge in [0.2, 0.25) is 0 Å². The number of benzene rings is 3. The molecule has 0 heterocycles. The van der Waals surface area contributed by atoms with Crippen LogP contribution in [0.25, 0.3) is 0 Å². The van der Waals surface area contributed by atoms with E-state index >= 15 is 0 Å². The minimum Gasteiger partial charge on any atom is -0.483 e. The van der Waals surface area contributed by atoms with Crippen LogP contribution in [0.5, 0.6) is 5.75 Å². The van der Waals surface area contributed by atoms with Crippen molar-refractivity contribution in [3.05, 3.63) is 88.4 Å². The average molecular weight is 440 g/mol. The third-order valence-electron chi connectivity index (χ3n) is 4.09. The number of hydrazine groups is 1. The highest BCUT2D eigenvalue weighted by Crippen LogP contribution is 2.23. The maximum Gasteiger partial charge on any atom is 0.262 e. The highest BCUT2D eigenvalue weighted by Gasteiger charge is 2.09. The van der Waals surface area contributed by atoms with Crippen LogP contribution in [-0.2, 0) is 11.3 Å². The Morgan fingerprint density at radius 2 is 1.75 bits per heavy atom. The van der Waals surface area contributed by atoms with E-state index in [1.54, 1.807) is 0 Å². The Kier molecular flexibility index (Phi) is 7.06. The lowest BCUT2D eigenvalue weighted by Crippen LogP contribution is -2.23. The molecule has 0 unspecified atom stereocenters. The maximum atomic E-state index is 12.2. The van der Waals surface area contributed by atoms with E-state index in [1.165, 1.54) is 0 Å². The van der Waals surface area contributed by atoms with Crippen LogP contribution in [0.15, 0.2) is 77.3 Å². The van der Waals surface area contributed by atoms with Gasteiger partial charge in [0.05, 0.1) is 0 Å². The van der Waals surface area contributed by atoms with Crippen LogP contribution < -0.4 is 20.9 Å². The molecule has 0 fully saturated rings. The minimum atomic E-state index is -0.196. The largest absolute Gasteiger partial charge is 0.483 e. The van der Waals surface area contributed by atoms with Gasteiger partial charge in [0.15, 0.2) is 6.61 Å². The minimum absolute atomic E-state index is 0.0604. The number of aryl methyl sites for hydroxylation is 1. The van der Waals surface area contributed by atoms with Crippen molar-refractivity contribution in [2.24, 2.45) is 0 Å². The first-order valence-corrected chi connectivity index (χ1v) is 9.72. The molecule has 1 amide bonds. The maximum absolute atomic E-state index is 12.2. The highest BCUT2D eigenvalue weighted by molar-refractivity contribution is 9.10. The predicted octanol–water partition coefficient (Wildman–Crippen LogP) is 4.89. The Bertz CT molecular complexity index is 932. The fourth-order valence-corrected chi connectivity index (χ4v) is 3.04. The summed E-state index contributed by atoms with van der Waals surface area (Å²) in [7, 11) is 0. The number of hydrogen-bond acceptors (Lipinski definition) is 4. The number of nitrogens with one attached hydrogen (secondary N) is 3. The normalized spacial score (nSPS) is 10.4.